The fourth-order valence-electron chi connectivity index (χ4n) is 4.54. The van der Waals surface area contributed by atoms with Gasteiger partial charge in [-0.15, -0.1) is 0 Å². The van der Waals surface area contributed by atoms with Crippen molar-refractivity contribution in [3.63, 3.8) is 0 Å². The van der Waals surface area contributed by atoms with E-state index in [1.807, 2.05) is 29.2 Å². The molecule has 0 bridgehead atoms. The van der Waals surface area contributed by atoms with Gasteiger partial charge in [-0.1, -0.05) is 18.2 Å². The second-order valence-corrected chi connectivity index (χ2v) is 7.90. The normalized spacial score (nSPS) is 27.2. The lowest BCUT2D eigenvalue weighted by Crippen LogP contribution is -2.41. The molecule has 0 spiro atoms. The maximum absolute atomic E-state index is 13.0. The van der Waals surface area contributed by atoms with Crippen molar-refractivity contribution in [1.82, 2.24) is 15.2 Å². The van der Waals surface area contributed by atoms with Gasteiger partial charge >= 0.3 is 0 Å². The van der Waals surface area contributed by atoms with E-state index in [0.717, 1.165) is 11.3 Å². The molecule has 4 atom stereocenters. The molecule has 1 N–H and O–H groups in total. The summed E-state index contributed by atoms with van der Waals surface area (Å²) in [5.41, 5.74) is 1.68. The summed E-state index contributed by atoms with van der Waals surface area (Å²) in [7, 11) is 0. The average molecular weight is 393 g/mol. The van der Waals surface area contributed by atoms with E-state index in [4.69, 9.17) is 9.47 Å². The average Bonchev–Trinajstić information content (AvgIpc) is 3.46. The topological polar surface area (TPSA) is 80.8 Å². The van der Waals surface area contributed by atoms with Crippen LogP contribution in [0.25, 0.3) is 0 Å². The molecule has 1 unspecified atom stereocenters. The number of likely N-dealkylation sites (tertiary alicyclic amines) is 1. The molecule has 3 aliphatic heterocycles. The van der Waals surface area contributed by atoms with Gasteiger partial charge in [0.2, 0.25) is 0 Å². The molecule has 2 aromatic rings. The first-order chi connectivity index (χ1) is 14.2. The van der Waals surface area contributed by atoms with Crippen molar-refractivity contribution < 1.29 is 19.1 Å². The second-order valence-electron chi connectivity index (χ2n) is 7.90. The Morgan fingerprint density at radius 1 is 1.14 bits per heavy atom. The smallest absolute Gasteiger partial charge is 0.264 e. The van der Waals surface area contributed by atoms with Crippen LogP contribution in [0, 0.1) is 11.8 Å². The van der Waals surface area contributed by atoms with Gasteiger partial charge in [-0.2, -0.15) is 0 Å². The third-order valence-electron chi connectivity index (χ3n) is 6.14. The van der Waals surface area contributed by atoms with Crippen molar-refractivity contribution >= 4 is 11.8 Å². The Hall–Kier alpha value is -2.93. The summed E-state index contributed by atoms with van der Waals surface area (Å²) in [6.07, 6.45) is 3.41. The first-order valence-electron chi connectivity index (χ1n) is 10.0. The van der Waals surface area contributed by atoms with Crippen LogP contribution in [0.2, 0.25) is 0 Å². The van der Waals surface area contributed by atoms with Crippen LogP contribution in [-0.4, -0.2) is 60.1 Å². The number of carbonyl (C=O) groups excluding carboxylic acids is 2. The molecular formula is C22H23N3O4. The zero-order valence-electron chi connectivity index (χ0n) is 16.0. The third-order valence-corrected chi connectivity index (χ3v) is 6.14. The number of nitrogens with one attached hydrogen (secondary N) is 1. The molecule has 0 aliphatic carbocycles. The Balaban J connectivity index is 1.17. The van der Waals surface area contributed by atoms with E-state index in [0.29, 0.717) is 38.2 Å². The SMILES string of the molecule is O=C(NC[C@@H]1CO[C@@H]2CN(C(=O)C3Cc4ccccc4O3)C[C@H]12)c1ccncc1. The van der Waals surface area contributed by atoms with Gasteiger partial charge in [0.15, 0.2) is 6.10 Å². The van der Waals surface area contributed by atoms with Crippen molar-refractivity contribution in [3.05, 3.63) is 59.9 Å². The highest BCUT2D eigenvalue weighted by Crippen LogP contribution is 2.35. The van der Waals surface area contributed by atoms with Crippen LogP contribution in [0.15, 0.2) is 48.8 Å². The molecule has 2 amide bonds. The molecule has 5 rings (SSSR count). The molecule has 150 valence electrons. The lowest BCUT2D eigenvalue weighted by Gasteiger charge is -2.22. The number of pyridine rings is 1. The van der Waals surface area contributed by atoms with Crippen molar-refractivity contribution in [2.24, 2.45) is 11.8 Å². The first-order valence-corrected chi connectivity index (χ1v) is 10.0. The van der Waals surface area contributed by atoms with Crippen molar-refractivity contribution in [2.45, 2.75) is 18.6 Å². The molecule has 3 aliphatic rings. The van der Waals surface area contributed by atoms with Crippen molar-refractivity contribution in [2.75, 3.05) is 26.2 Å². The first kappa shape index (κ1) is 18.1. The number of nitrogens with zero attached hydrogens (tertiary/aromatic N) is 2. The van der Waals surface area contributed by atoms with Gasteiger partial charge in [-0.05, 0) is 23.8 Å². The van der Waals surface area contributed by atoms with Crippen LogP contribution in [0.4, 0.5) is 0 Å². The summed E-state index contributed by atoms with van der Waals surface area (Å²) in [4.78, 5) is 31.1. The third kappa shape index (κ3) is 3.46. The van der Waals surface area contributed by atoms with Crippen LogP contribution in [0.1, 0.15) is 15.9 Å². The molecule has 2 fully saturated rings. The van der Waals surface area contributed by atoms with Gasteiger partial charge in [0.25, 0.3) is 11.8 Å². The van der Waals surface area contributed by atoms with Crippen LogP contribution < -0.4 is 10.1 Å². The van der Waals surface area contributed by atoms with Gasteiger partial charge in [-0.3, -0.25) is 14.6 Å². The Morgan fingerprint density at radius 3 is 2.79 bits per heavy atom. The van der Waals surface area contributed by atoms with E-state index in [1.165, 1.54) is 0 Å². The molecule has 2 saturated heterocycles. The van der Waals surface area contributed by atoms with Crippen molar-refractivity contribution in [1.29, 1.82) is 0 Å². The molecule has 0 saturated carbocycles. The minimum Gasteiger partial charge on any atom is -0.480 e. The van der Waals surface area contributed by atoms with Crippen LogP contribution in [0.3, 0.4) is 0 Å². The number of fused-ring (bicyclic) bond motifs is 2. The number of hydrogen-bond acceptors (Lipinski definition) is 5. The number of benzene rings is 1. The van der Waals surface area contributed by atoms with Crippen molar-refractivity contribution in [3.8, 4) is 5.75 Å². The van der Waals surface area contributed by atoms with Gasteiger partial charge in [0.05, 0.1) is 12.7 Å². The lowest BCUT2D eigenvalue weighted by molar-refractivity contribution is -0.137. The van der Waals surface area contributed by atoms with Gasteiger partial charge in [-0.25, -0.2) is 0 Å². The maximum Gasteiger partial charge on any atom is 0.264 e. The summed E-state index contributed by atoms with van der Waals surface area (Å²) < 4.78 is 11.8. The molecule has 7 nitrogen and oxygen atoms in total. The highest BCUT2D eigenvalue weighted by atomic mass is 16.5. The Kier molecular flexibility index (Phi) is 4.67. The zero-order chi connectivity index (χ0) is 19.8. The highest BCUT2D eigenvalue weighted by molar-refractivity contribution is 5.93. The molecule has 7 heteroatoms. The maximum atomic E-state index is 13.0. The monoisotopic (exact) mass is 393 g/mol. The summed E-state index contributed by atoms with van der Waals surface area (Å²) in [5, 5.41) is 2.99. The number of amides is 2. The number of aromatic nitrogens is 1. The Labute approximate surface area is 169 Å². The van der Waals surface area contributed by atoms with Crippen LogP contribution >= 0.6 is 0 Å². The molecular weight excluding hydrogens is 370 g/mol. The molecule has 4 heterocycles. The quantitative estimate of drug-likeness (QED) is 0.847. The van der Waals surface area contributed by atoms with Crippen LogP contribution in [0.5, 0.6) is 5.75 Å². The van der Waals surface area contributed by atoms with Crippen LogP contribution in [-0.2, 0) is 16.0 Å². The fourth-order valence-corrected chi connectivity index (χ4v) is 4.54. The highest BCUT2D eigenvalue weighted by Gasteiger charge is 2.47. The van der Waals surface area contributed by atoms with E-state index >= 15 is 0 Å². The van der Waals surface area contributed by atoms with E-state index in [1.54, 1.807) is 24.5 Å². The molecule has 29 heavy (non-hydrogen) atoms. The largest absolute Gasteiger partial charge is 0.480 e. The standard InChI is InChI=1S/C22H23N3O4/c26-21(14-5-7-23-8-6-14)24-10-16-13-28-20-12-25(11-17(16)20)22(27)19-9-15-3-1-2-4-18(15)29-19/h1-8,16-17,19-20H,9-13H2,(H,24,26)/t16-,17-,19?,20-/m1/s1. The number of ether oxygens (including phenoxy) is 2. The summed E-state index contributed by atoms with van der Waals surface area (Å²) >= 11 is 0. The Morgan fingerprint density at radius 2 is 1.97 bits per heavy atom. The van der Waals surface area contributed by atoms with Gasteiger partial charge in [0, 0.05) is 55.8 Å². The molecule has 1 aromatic heterocycles. The molecule has 1 aromatic carbocycles. The Bertz CT molecular complexity index is 894. The van der Waals surface area contributed by atoms with E-state index < -0.39 is 6.10 Å². The van der Waals surface area contributed by atoms with E-state index in [9.17, 15) is 9.59 Å². The number of para-hydroxylation sites is 1. The summed E-state index contributed by atoms with van der Waals surface area (Å²) in [6.45, 7) is 2.39. The minimum absolute atomic E-state index is 0.0266. The number of rotatable bonds is 4. The summed E-state index contributed by atoms with van der Waals surface area (Å²) in [6, 6.07) is 11.2. The second kappa shape index (κ2) is 7.48. The van der Waals surface area contributed by atoms with Gasteiger partial charge in [0.1, 0.15) is 5.75 Å². The summed E-state index contributed by atoms with van der Waals surface area (Å²) in [5.74, 6) is 1.15. The predicted octanol–water partition coefficient (Wildman–Crippen LogP) is 1.29. The van der Waals surface area contributed by atoms with E-state index in [2.05, 4.69) is 10.3 Å². The lowest BCUT2D eigenvalue weighted by atomic mass is 9.93. The van der Waals surface area contributed by atoms with Gasteiger partial charge < -0.3 is 19.7 Å². The number of hydrogen-bond donors (Lipinski definition) is 1. The van der Waals surface area contributed by atoms with E-state index in [-0.39, 0.29) is 29.8 Å². The zero-order valence-corrected chi connectivity index (χ0v) is 16.0. The minimum atomic E-state index is -0.448. The number of carbonyl (C=O) groups is 2. The molecule has 0 radical (unpaired) electrons. The predicted molar refractivity (Wildman–Crippen MR) is 104 cm³/mol. The fraction of sp³-hybridized carbons (Fsp3) is 0.409.